The number of piperidine rings is 1. The van der Waals surface area contributed by atoms with E-state index in [-0.39, 0.29) is 32.0 Å². The van der Waals surface area contributed by atoms with E-state index in [4.69, 9.17) is 0 Å². The van der Waals surface area contributed by atoms with Gasteiger partial charge in [-0.05, 0) is 19.3 Å². The Hall–Kier alpha value is -0.940. The lowest BCUT2D eigenvalue weighted by Crippen LogP contribution is -2.46. The fourth-order valence-corrected chi connectivity index (χ4v) is 1.75. The van der Waals surface area contributed by atoms with Gasteiger partial charge in [-0.1, -0.05) is 6.92 Å². The van der Waals surface area contributed by atoms with Gasteiger partial charge in [-0.3, -0.25) is 0 Å². The second-order valence-electron chi connectivity index (χ2n) is 4.03. The third-order valence-corrected chi connectivity index (χ3v) is 2.77. The van der Waals surface area contributed by atoms with E-state index in [9.17, 15) is 18.0 Å². The number of amides is 2. The summed E-state index contributed by atoms with van der Waals surface area (Å²) in [7, 11) is 0. The normalized spacial score (nSPS) is 18.6. The molecule has 0 aromatic rings. The van der Waals surface area contributed by atoms with Crippen molar-refractivity contribution in [2.45, 2.75) is 32.4 Å². The van der Waals surface area contributed by atoms with Gasteiger partial charge in [0.25, 0.3) is 0 Å². The molecule has 16 heavy (non-hydrogen) atoms. The van der Waals surface area contributed by atoms with E-state index in [0.29, 0.717) is 6.54 Å². The SMILES string of the molecule is CCCNC(=O)N1CCC(C(F)(F)F)CC1. The molecule has 1 saturated heterocycles. The molecule has 0 bridgehead atoms. The summed E-state index contributed by atoms with van der Waals surface area (Å²) in [5.74, 6) is -1.25. The van der Waals surface area contributed by atoms with Crippen LogP contribution in [0.15, 0.2) is 0 Å². The molecule has 0 aliphatic carbocycles. The summed E-state index contributed by atoms with van der Waals surface area (Å²) in [5, 5.41) is 2.66. The highest BCUT2D eigenvalue weighted by Crippen LogP contribution is 2.33. The molecule has 0 aromatic heterocycles. The quantitative estimate of drug-likeness (QED) is 0.787. The Labute approximate surface area is 93.0 Å². The minimum absolute atomic E-state index is 0.0169. The van der Waals surface area contributed by atoms with Gasteiger partial charge in [-0.25, -0.2) is 4.79 Å². The Bertz CT molecular complexity index is 235. The average Bonchev–Trinajstić information content (AvgIpc) is 2.25. The molecule has 0 atom stereocenters. The van der Waals surface area contributed by atoms with Crippen LogP contribution in [0.4, 0.5) is 18.0 Å². The van der Waals surface area contributed by atoms with E-state index in [1.807, 2.05) is 6.92 Å². The van der Waals surface area contributed by atoms with Gasteiger partial charge < -0.3 is 10.2 Å². The zero-order valence-corrected chi connectivity index (χ0v) is 9.31. The number of hydrogen-bond donors (Lipinski definition) is 1. The van der Waals surface area contributed by atoms with E-state index in [1.165, 1.54) is 4.90 Å². The van der Waals surface area contributed by atoms with Crippen LogP contribution in [-0.4, -0.2) is 36.7 Å². The molecule has 1 heterocycles. The fraction of sp³-hybridized carbons (Fsp3) is 0.900. The van der Waals surface area contributed by atoms with Crippen molar-refractivity contribution >= 4 is 6.03 Å². The Morgan fingerprint density at radius 2 is 1.94 bits per heavy atom. The minimum Gasteiger partial charge on any atom is -0.338 e. The first kappa shape index (κ1) is 13.1. The number of rotatable bonds is 2. The smallest absolute Gasteiger partial charge is 0.338 e. The van der Waals surface area contributed by atoms with Crippen LogP contribution < -0.4 is 5.32 Å². The maximum absolute atomic E-state index is 12.4. The predicted molar refractivity (Wildman–Crippen MR) is 54.0 cm³/mol. The van der Waals surface area contributed by atoms with Gasteiger partial charge in [0.1, 0.15) is 0 Å². The summed E-state index contributed by atoms with van der Waals surface area (Å²) in [6, 6.07) is -0.248. The van der Waals surface area contributed by atoms with Crippen LogP contribution in [0.2, 0.25) is 0 Å². The second kappa shape index (κ2) is 5.41. The predicted octanol–water partition coefficient (Wildman–Crippen LogP) is 2.38. The third kappa shape index (κ3) is 3.57. The molecule has 1 rings (SSSR count). The molecule has 1 N–H and O–H groups in total. The van der Waals surface area contributed by atoms with Crippen molar-refractivity contribution in [3.8, 4) is 0 Å². The largest absolute Gasteiger partial charge is 0.391 e. The molecule has 0 radical (unpaired) electrons. The van der Waals surface area contributed by atoms with E-state index >= 15 is 0 Å². The molecule has 0 unspecified atom stereocenters. The van der Waals surface area contributed by atoms with Crippen molar-refractivity contribution in [2.24, 2.45) is 5.92 Å². The van der Waals surface area contributed by atoms with Crippen LogP contribution in [0.5, 0.6) is 0 Å². The summed E-state index contributed by atoms with van der Waals surface area (Å²) in [6.07, 6.45) is -3.26. The van der Waals surface area contributed by atoms with Crippen LogP contribution in [0, 0.1) is 5.92 Å². The zero-order valence-electron chi connectivity index (χ0n) is 9.31. The summed E-state index contributed by atoms with van der Waals surface area (Å²) >= 11 is 0. The van der Waals surface area contributed by atoms with Gasteiger partial charge >= 0.3 is 12.2 Å². The number of carbonyl (C=O) groups is 1. The summed E-state index contributed by atoms with van der Waals surface area (Å²) < 4.78 is 37.1. The Balaban J connectivity index is 2.34. The maximum atomic E-state index is 12.4. The number of nitrogens with one attached hydrogen (secondary N) is 1. The van der Waals surface area contributed by atoms with Crippen molar-refractivity contribution in [3.05, 3.63) is 0 Å². The van der Waals surface area contributed by atoms with Gasteiger partial charge in [0.15, 0.2) is 0 Å². The van der Waals surface area contributed by atoms with Gasteiger partial charge in [-0.2, -0.15) is 13.2 Å². The number of halogens is 3. The number of likely N-dealkylation sites (tertiary alicyclic amines) is 1. The molecular formula is C10H17F3N2O. The fourth-order valence-electron chi connectivity index (χ4n) is 1.75. The van der Waals surface area contributed by atoms with E-state index in [2.05, 4.69) is 5.32 Å². The molecule has 6 heteroatoms. The monoisotopic (exact) mass is 238 g/mol. The van der Waals surface area contributed by atoms with Crippen LogP contribution in [0.3, 0.4) is 0 Å². The highest BCUT2D eigenvalue weighted by Gasteiger charge is 2.41. The molecule has 94 valence electrons. The molecule has 1 aliphatic rings. The molecule has 1 aliphatic heterocycles. The number of alkyl halides is 3. The highest BCUT2D eigenvalue weighted by atomic mass is 19.4. The highest BCUT2D eigenvalue weighted by molar-refractivity contribution is 5.74. The average molecular weight is 238 g/mol. The Morgan fingerprint density at radius 1 is 1.38 bits per heavy atom. The second-order valence-corrected chi connectivity index (χ2v) is 4.03. The molecule has 2 amide bonds. The van der Waals surface area contributed by atoms with Gasteiger partial charge in [0.2, 0.25) is 0 Å². The minimum atomic E-state index is -4.12. The molecule has 1 fully saturated rings. The van der Waals surface area contributed by atoms with Crippen LogP contribution in [0.1, 0.15) is 26.2 Å². The molecule has 3 nitrogen and oxygen atoms in total. The number of urea groups is 1. The standard InChI is InChI=1S/C10H17F3N2O/c1-2-5-14-9(16)15-6-3-8(4-7-15)10(11,12)13/h8H,2-7H2,1H3,(H,14,16). The maximum Gasteiger partial charge on any atom is 0.391 e. The van der Waals surface area contributed by atoms with Crippen LogP contribution >= 0.6 is 0 Å². The Morgan fingerprint density at radius 3 is 2.38 bits per heavy atom. The molecular weight excluding hydrogens is 221 g/mol. The lowest BCUT2D eigenvalue weighted by atomic mass is 9.96. The molecule has 0 spiro atoms. The van der Waals surface area contributed by atoms with Crippen molar-refractivity contribution in [1.29, 1.82) is 0 Å². The lowest BCUT2D eigenvalue weighted by molar-refractivity contribution is -0.183. The van der Waals surface area contributed by atoms with E-state index < -0.39 is 12.1 Å². The topological polar surface area (TPSA) is 32.3 Å². The number of nitrogens with zero attached hydrogens (tertiary/aromatic N) is 1. The summed E-state index contributed by atoms with van der Waals surface area (Å²) in [6.45, 7) is 2.88. The van der Waals surface area contributed by atoms with Crippen molar-refractivity contribution < 1.29 is 18.0 Å². The van der Waals surface area contributed by atoms with Crippen molar-refractivity contribution in [1.82, 2.24) is 10.2 Å². The first-order valence-corrected chi connectivity index (χ1v) is 5.54. The summed E-state index contributed by atoms with van der Waals surface area (Å²) in [4.78, 5) is 12.9. The van der Waals surface area contributed by atoms with Gasteiger partial charge in [-0.15, -0.1) is 0 Å². The molecule has 0 saturated carbocycles. The van der Waals surface area contributed by atoms with Gasteiger partial charge in [0.05, 0.1) is 5.92 Å². The lowest BCUT2D eigenvalue weighted by Gasteiger charge is -2.32. The molecule has 0 aromatic carbocycles. The van der Waals surface area contributed by atoms with E-state index in [0.717, 1.165) is 6.42 Å². The number of hydrogen-bond acceptors (Lipinski definition) is 1. The third-order valence-electron chi connectivity index (χ3n) is 2.77. The van der Waals surface area contributed by atoms with E-state index in [1.54, 1.807) is 0 Å². The first-order chi connectivity index (χ1) is 7.45. The number of carbonyl (C=O) groups excluding carboxylic acids is 1. The zero-order chi connectivity index (χ0) is 12.2. The Kier molecular flexibility index (Phi) is 4.44. The summed E-state index contributed by atoms with van der Waals surface area (Å²) in [5.41, 5.74) is 0. The van der Waals surface area contributed by atoms with Crippen LogP contribution in [0.25, 0.3) is 0 Å². The van der Waals surface area contributed by atoms with Crippen LogP contribution in [-0.2, 0) is 0 Å². The first-order valence-electron chi connectivity index (χ1n) is 5.54. The van der Waals surface area contributed by atoms with Gasteiger partial charge in [0, 0.05) is 19.6 Å². The van der Waals surface area contributed by atoms with Crippen molar-refractivity contribution in [3.63, 3.8) is 0 Å². The van der Waals surface area contributed by atoms with Crippen molar-refractivity contribution in [2.75, 3.05) is 19.6 Å².